The fraction of sp³-hybridized carbons (Fsp3) is 0.682. The third-order valence-electron chi connectivity index (χ3n) is 7.51. The fourth-order valence-electron chi connectivity index (χ4n) is 6.86. The van der Waals surface area contributed by atoms with Crippen molar-refractivity contribution >= 4 is 5.91 Å². The second kappa shape index (κ2) is 5.75. The third-order valence-corrected chi connectivity index (χ3v) is 7.51. The number of carbonyl (C=O) groups is 1. The van der Waals surface area contributed by atoms with Gasteiger partial charge in [-0.3, -0.25) is 4.79 Å². The van der Waals surface area contributed by atoms with E-state index >= 15 is 0 Å². The first kappa shape index (κ1) is 15.7. The van der Waals surface area contributed by atoms with Gasteiger partial charge in [-0.1, -0.05) is 12.1 Å². The molecule has 1 amide bonds. The largest absolute Gasteiger partial charge is 0.497 e. The molecule has 5 aliphatic rings. The Bertz CT molecular complexity index is 630. The van der Waals surface area contributed by atoms with E-state index in [1.165, 1.54) is 44.1 Å². The maximum Gasteiger partial charge on any atom is 0.229 e. The smallest absolute Gasteiger partial charge is 0.229 e. The standard InChI is InChI=1S/C22H29NO2/c1-25-19-6-4-18(5-7-19)20-3-2-8-23(20)21(24)22-12-15-9-16(13-22)11-17(10-15)14-22/h4-7,15-17,20H,2-3,8-14H2,1H3/t15?,16?,17?,20-,22?/m0/s1. The zero-order valence-corrected chi connectivity index (χ0v) is 15.2. The lowest BCUT2D eigenvalue weighted by Gasteiger charge is -2.56. The minimum atomic E-state index is -0.0101. The van der Waals surface area contributed by atoms with Crippen molar-refractivity contribution in [3.05, 3.63) is 29.8 Å². The molecule has 6 rings (SSSR count). The molecule has 25 heavy (non-hydrogen) atoms. The Morgan fingerprint density at radius 2 is 1.64 bits per heavy atom. The number of ether oxygens (including phenoxy) is 1. The maximum absolute atomic E-state index is 13.7. The highest BCUT2D eigenvalue weighted by Gasteiger charge is 2.56. The van der Waals surface area contributed by atoms with Crippen LogP contribution < -0.4 is 4.74 Å². The highest BCUT2D eigenvalue weighted by molar-refractivity contribution is 5.84. The van der Waals surface area contributed by atoms with E-state index in [2.05, 4.69) is 17.0 Å². The Balaban J connectivity index is 1.40. The first-order valence-electron chi connectivity index (χ1n) is 10.1. The molecule has 1 heterocycles. The lowest BCUT2D eigenvalue weighted by atomic mass is 9.49. The van der Waals surface area contributed by atoms with E-state index in [9.17, 15) is 4.79 Å². The molecule has 1 aliphatic heterocycles. The average molecular weight is 339 g/mol. The monoisotopic (exact) mass is 339 g/mol. The third kappa shape index (κ3) is 2.50. The topological polar surface area (TPSA) is 29.5 Å². The van der Waals surface area contributed by atoms with Crippen LogP contribution in [-0.4, -0.2) is 24.5 Å². The Hall–Kier alpha value is -1.51. The van der Waals surface area contributed by atoms with E-state index in [-0.39, 0.29) is 11.5 Å². The van der Waals surface area contributed by atoms with Crippen LogP contribution in [0.3, 0.4) is 0 Å². The Morgan fingerprint density at radius 1 is 1.04 bits per heavy atom. The van der Waals surface area contributed by atoms with Crippen LogP contribution in [-0.2, 0) is 4.79 Å². The van der Waals surface area contributed by atoms with Crippen LogP contribution in [0.25, 0.3) is 0 Å². The number of carbonyl (C=O) groups excluding carboxylic acids is 1. The van der Waals surface area contributed by atoms with Gasteiger partial charge in [-0.2, -0.15) is 0 Å². The van der Waals surface area contributed by atoms with Crippen molar-refractivity contribution in [1.29, 1.82) is 0 Å². The predicted molar refractivity (Wildman–Crippen MR) is 97.3 cm³/mol. The average Bonchev–Trinajstić information content (AvgIpc) is 3.09. The summed E-state index contributed by atoms with van der Waals surface area (Å²) in [5.74, 6) is 3.87. The minimum absolute atomic E-state index is 0.0101. The van der Waals surface area contributed by atoms with E-state index in [0.717, 1.165) is 42.9 Å². The van der Waals surface area contributed by atoms with Gasteiger partial charge in [0, 0.05) is 6.54 Å². The summed E-state index contributed by atoms with van der Waals surface area (Å²) in [6, 6.07) is 8.62. The first-order chi connectivity index (χ1) is 12.2. The molecule has 3 heteroatoms. The lowest BCUT2D eigenvalue weighted by molar-refractivity contribution is -0.158. The quantitative estimate of drug-likeness (QED) is 0.807. The van der Waals surface area contributed by atoms with E-state index in [0.29, 0.717) is 5.91 Å². The van der Waals surface area contributed by atoms with Crippen LogP contribution in [0.2, 0.25) is 0 Å². The molecule has 0 aromatic heterocycles. The maximum atomic E-state index is 13.7. The van der Waals surface area contributed by atoms with Crippen molar-refractivity contribution in [1.82, 2.24) is 4.90 Å². The molecule has 1 aromatic carbocycles. The highest BCUT2D eigenvalue weighted by Crippen LogP contribution is 2.61. The van der Waals surface area contributed by atoms with Gasteiger partial charge in [-0.05, 0) is 86.8 Å². The van der Waals surface area contributed by atoms with Crippen LogP contribution in [0.15, 0.2) is 24.3 Å². The number of methoxy groups -OCH3 is 1. The molecule has 0 radical (unpaired) electrons. The number of hydrogen-bond acceptors (Lipinski definition) is 2. The van der Waals surface area contributed by atoms with E-state index in [4.69, 9.17) is 4.74 Å². The van der Waals surface area contributed by atoms with Crippen LogP contribution in [0.1, 0.15) is 63.0 Å². The van der Waals surface area contributed by atoms with Crippen molar-refractivity contribution < 1.29 is 9.53 Å². The first-order valence-corrected chi connectivity index (χ1v) is 10.1. The number of nitrogens with zero attached hydrogens (tertiary/aromatic N) is 1. The Morgan fingerprint density at radius 3 is 2.20 bits per heavy atom. The van der Waals surface area contributed by atoms with E-state index in [1.807, 2.05) is 12.1 Å². The number of hydrogen-bond donors (Lipinski definition) is 0. The van der Waals surface area contributed by atoms with Crippen molar-refractivity contribution in [2.24, 2.45) is 23.2 Å². The molecule has 1 atom stereocenters. The molecule has 3 nitrogen and oxygen atoms in total. The molecule has 1 saturated heterocycles. The summed E-state index contributed by atoms with van der Waals surface area (Å²) in [7, 11) is 1.70. The van der Waals surface area contributed by atoms with Gasteiger partial charge in [0.25, 0.3) is 0 Å². The molecule has 0 N–H and O–H groups in total. The normalized spacial score (nSPS) is 39.0. The summed E-state index contributed by atoms with van der Waals surface area (Å²) in [4.78, 5) is 16.0. The molecule has 4 aliphatic carbocycles. The van der Waals surface area contributed by atoms with Gasteiger partial charge in [0.05, 0.1) is 18.6 Å². The van der Waals surface area contributed by atoms with Crippen LogP contribution in [0.4, 0.5) is 0 Å². The van der Waals surface area contributed by atoms with Gasteiger partial charge in [0.15, 0.2) is 0 Å². The molecule has 1 aromatic rings. The lowest BCUT2D eigenvalue weighted by Crippen LogP contribution is -2.54. The fourth-order valence-corrected chi connectivity index (χ4v) is 6.86. The van der Waals surface area contributed by atoms with Gasteiger partial charge in [-0.15, -0.1) is 0 Å². The number of likely N-dealkylation sites (tertiary alicyclic amines) is 1. The summed E-state index contributed by atoms with van der Waals surface area (Å²) in [6.45, 7) is 0.942. The minimum Gasteiger partial charge on any atom is -0.497 e. The van der Waals surface area contributed by atoms with E-state index < -0.39 is 0 Å². The molecule has 0 unspecified atom stereocenters. The number of amides is 1. The van der Waals surface area contributed by atoms with Crippen molar-refractivity contribution in [2.75, 3.05) is 13.7 Å². The van der Waals surface area contributed by atoms with Crippen molar-refractivity contribution in [3.63, 3.8) is 0 Å². The molecule has 134 valence electrons. The zero-order chi connectivity index (χ0) is 17.0. The molecule has 4 saturated carbocycles. The Kier molecular flexibility index (Phi) is 3.62. The van der Waals surface area contributed by atoms with Gasteiger partial charge in [-0.25, -0.2) is 0 Å². The zero-order valence-electron chi connectivity index (χ0n) is 15.2. The SMILES string of the molecule is COc1ccc([C@@H]2CCCN2C(=O)C23CC4CC(CC(C4)C2)C3)cc1. The van der Waals surface area contributed by atoms with Crippen LogP contribution in [0, 0.1) is 23.2 Å². The predicted octanol–water partition coefficient (Wildman–Crippen LogP) is 4.58. The molecular formula is C22H29NO2. The van der Waals surface area contributed by atoms with Gasteiger partial charge < -0.3 is 9.64 Å². The summed E-state index contributed by atoms with van der Waals surface area (Å²) in [6.07, 6.45) is 9.94. The second-order valence-electron chi connectivity index (χ2n) is 9.13. The van der Waals surface area contributed by atoms with Gasteiger partial charge in [0.2, 0.25) is 5.91 Å². The summed E-state index contributed by atoms with van der Waals surface area (Å²) in [5.41, 5.74) is 1.26. The van der Waals surface area contributed by atoms with Gasteiger partial charge in [0.1, 0.15) is 5.75 Å². The van der Waals surface area contributed by atoms with Crippen LogP contribution >= 0.6 is 0 Å². The van der Waals surface area contributed by atoms with Crippen LogP contribution in [0.5, 0.6) is 5.75 Å². The van der Waals surface area contributed by atoms with E-state index in [1.54, 1.807) is 7.11 Å². The number of rotatable bonds is 3. The van der Waals surface area contributed by atoms with Gasteiger partial charge >= 0.3 is 0 Å². The highest BCUT2D eigenvalue weighted by atomic mass is 16.5. The van der Waals surface area contributed by atoms with Crippen molar-refractivity contribution in [2.45, 2.75) is 57.4 Å². The molecule has 5 fully saturated rings. The molecular weight excluding hydrogens is 310 g/mol. The van der Waals surface area contributed by atoms with Crippen molar-refractivity contribution in [3.8, 4) is 5.75 Å². The summed E-state index contributed by atoms with van der Waals surface area (Å²) >= 11 is 0. The Labute approximate surface area is 150 Å². The molecule has 4 bridgehead atoms. The summed E-state index contributed by atoms with van der Waals surface area (Å²) < 4.78 is 5.29. The summed E-state index contributed by atoms with van der Waals surface area (Å²) in [5, 5.41) is 0. The number of benzene rings is 1. The second-order valence-corrected chi connectivity index (χ2v) is 9.13. The molecule has 0 spiro atoms.